The van der Waals surface area contributed by atoms with Gasteiger partial charge in [0.15, 0.2) is 0 Å². The Balaban J connectivity index is 1.44. The maximum atomic E-state index is 11.4. The number of hydrogen-bond donors (Lipinski definition) is 2. The molecule has 1 saturated carbocycles. The van der Waals surface area contributed by atoms with E-state index in [0.29, 0.717) is 22.9 Å². The Kier molecular flexibility index (Phi) is 5.62. The van der Waals surface area contributed by atoms with Crippen LogP contribution in [0.4, 0.5) is 0 Å². The van der Waals surface area contributed by atoms with Gasteiger partial charge in [-0.15, -0.1) is 0 Å². The molecule has 1 fully saturated rings. The van der Waals surface area contributed by atoms with Gasteiger partial charge in [-0.05, 0) is 43.9 Å². The number of para-hydroxylation sites is 1. The van der Waals surface area contributed by atoms with Gasteiger partial charge in [0.25, 0.3) is 0 Å². The van der Waals surface area contributed by atoms with Gasteiger partial charge in [0.05, 0.1) is 28.8 Å². The number of nitrogens with two attached hydrogens (primary N) is 1. The van der Waals surface area contributed by atoms with Gasteiger partial charge in [-0.2, -0.15) is 0 Å². The van der Waals surface area contributed by atoms with Gasteiger partial charge >= 0.3 is 5.97 Å². The standard InChI is InChI=1S/C27H23Cl2N5O2/c28-18-8-9-19(21(29)13-18)20-3-1-2-17-12-22(34(30)25(17)20)24-23-14-32-26(33(23)11-10-31-24)15-4-6-16(7-5-15)27(35)36/h1-3,8-16H,4-7,30H2,(H,35,36). The van der Waals surface area contributed by atoms with Crippen molar-refractivity contribution in [2.45, 2.75) is 31.6 Å². The van der Waals surface area contributed by atoms with Crippen LogP contribution < -0.4 is 5.84 Å². The summed E-state index contributed by atoms with van der Waals surface area (Å²) in [6.45, 7) is 0. The second-order valence-corrected chi connectivity index (χ2v) is 10.1. The quantitative estimate of drug-likeness (QED) is 0.267. The van der Waals surface area contributed by atoms with E-state index in [-0.39, 0.29) is 11.8 Å². The van der Waals surface area contributed by atoms with E-state index in [0.717, 1.165) is 57.6 Å². The molecule has 7 nitrogen and oxygen atoms in total. The normalized spacial score (nSPS) is 18.2. The molecule has 9 heteroatoms. The Labute approximate surface area is 217 Å². The van der Waals surface area contributed by atoms with Gasteiger partial charge in [-0.25, -0.2) is 4.98 Å². The summed E-state index contributed by atoms with van der Waals surface area (Å²) in [6.07, 6.45) is 8.43. The highest BCUT2D eigenvalue weighted by Crippen LogP contribution is 2.39. The summed E-state index contributed by atoms with van der Waals surface area (Å²) in [4.78, 5) is 20.8. The molecule has 5 aromatic rings. The van der Waals surface area contributed by atoms with E-state index in [4.69, 9.17) is 34.0 Å². The highest BCUT2D eigenvalue weighted by molar-refractivity contribution is 6.36. The molecule has 0 aliphatic heterocycles. The molecule has 0 radical (unpaired) electrons. The van der Waals surface area contributed by atoms with Gasteiger partial charge in [0.2, 0.25) is 0 Å². The predicted molar refractivity (Wildman–Crippen MR) is 142 cm³/mol. The van der Waals surface area contributed by atoms with Gasteiger partial charge < -0.3 is 10.9 Å². The van der Waals surface area contributed by atoms with Crippen LogP contribution in [0, 0.1) is 5.92 Å². The van der Waals surface area contributed by atoms with Crippen LogP contribution in [0.2, 0.25) is 10.0 Å². The number of aromatic nitrogens is 4. The van der Waals surface area contributed by atoms with Crippen LogP contribution in [-0.2, 0) is 4.79 Å². The molecule has 0 spiro atoms. The number of carboxylic acid groups (broad SMARTS) is 1. The first-order chi connectivity index (χ1) is 17.4. The van der Waals surface area contributed by atoms with Crippen LogP contribution in [-0.4, -0.2) is 30.1 Å². The van der Waals surface area contributed by atoms with Crippen LogP contribution in [0.1, 0.15) is 37.4 Å². The lowest BCUT2D eigenvalue weighted by Gasteiger charge is -2.25. The number of nitrogens with zero attached hydrogens (tertiary/aromatic N) is 4. The summed E-state index contributed by atoms with van der Waals surface area (Å²) in [5.74, 6) is 6.87. The molecule has 3 heterocycles. The third-order valence-electron chi connectivity index (χ3n) is 7.25. The molecule has 36 heavy (non-hydrogen) atoms. The molecule has 3 N–H and O–H groups in total. The second-order valence-electron chi connectivity index (χ2n) is 9.30. The number of carbonyl (C=O) groups is 1. The highest BCUT2D eigenvalue weighted by atomic mass is 35.5. The van der Waals surface area contributed by atoms with E-state index in [1.807, 2.05) is 48.8 Å². The number of imidazole rings is 1. The third kappa shape index (κ3) is 3.70. The average Bonchev–Trinajstić information content (AvgIpc) is 3.45. The maximum absolute atomic E-state index is 11.4. The first-order valence-corrected chi connectivity index (χ1v) is 12.6. The number of halogens is 2. The first-order valence-electron chi connectivity index (χ1n) is 11.8. The number of rotatable bonds is 4. The van der Waals surface area contributed by atoms with Crippen molar-refractivity contribution in [3.8, 4) is 22.5 Å². The minimum Gasteiger partial charge on any atom is -0.481 e. The van der Waals surface area contributed by atoms with Crippen molar-refractivity contribution < 1.29 is 9.90 Å². The fourth-order valence-electron chi connectivity index (χ4n) is 5.44. The summed E-state index contributed by atoms with van der Waals surface area (Å²) in [6, 6.07) is 13.4. The van der Waals surface area contributed by atoms with E-state index in [2.05, 4.69) is 9.38 Å². The topological polar surface area (TPSA) is 98.4 Å². The van der Waals surface area contributed by atoms with Gasteiger partial charge in [-0.3, -0.25) is 18.9 Å². The van der Waals surface area contributed by atoms with E-state index in [9.17, 15) is 9.90 Å². The summed E-state index contributed by atoms with van der Waals surface area (Å²) in [5.41, 5.74) is 4.93. The molecule has 6 rings (SSSR count). The minimum atomic E-state index is -0.706. The maximum Gasteiger partial charge on any atom is 0.306 e. The Hall–Kier alpha value is -3.55. The summed E-state index contributed by atoms with van der Waals surface area (Å²) < 4.78 is 3.71. The van der Waals surface area contributed by atoms with Crippen molar-refractivity contribution in [3.05, 3.63) is 76.9 Å². The molecule has 0 amide bonds. The van der Waals surface area contributed by atoms with Crippen molar-refractivity contribution in [3.63, 3.8) is 0 Å². The number of aliphatic carboxylic acids is 1. The van der Waals surface area contributed by atoms with Crippen LogP contribution in [0.5, 0.6) is 0 Å². The number of carboxylic acids is 1. The van der Waals surface area contributed by atoms with Crippen LogP contribution >= 0.6 is 23.2 Å². The van der Waals surface area contributed by atoms with Gasteiger partial charge in [0, 0.05) is 44.9 Å². The molecule has 1 aliphatic rings. The zero-order valence-electron chi connectivity index (χ0n) is 19.2. The molecule has 0 unspecified atom stereocenters. The van der Waals surface area contributed by atoms with Crippen LogP contribution in [0.3, 0.4) is 0 Å². The van der Waals surface area contributed by atoms with E-state index < -0.39 is 5.97 Å². The van der Waals surface area contributed by atoms with Crippen molar-refractivity contribution >= 4 is 45.6 Å². The summed E-state index contributed by atoms with van der Waals surface area (Å²) in [5, 5.41) is 11.4. The molecular weight excluding hydrogens is 497 g/mol. The lowest BCUT2D eigenvalue weighted by molar-refractivity contribution is -0.142. The van der Waals surface area contributed by atoms with E-state index in [1.165, 1.54) is 0 Å². The fraction of sp³-hybridized carbons (Fsp3) is 0.222. The lowest BCUT2D eigenvalue weighted by atomic mass is 9.81. The Morgan fingerprint density at radius 3 is 2.58 bits per heavy atom. The van der Waals surface area contributed by atoms with Crippen molar-refractivity contribution in [2.75, 3.05) is 5.84 Å². The second kappa shape index (κ2) is 8.84. The molecule has 2 aromatic carbocycles. The van der Waals surface area contributed by atoms with Gasteiger partial charge in [0.1, 0.15) is 11.5 Å². The molecule has 0 atom stereocenters. The Bertz CT molecular complexity index is 1630. The number of benzene rings is 2. The van der Waals surface area contributed by atoms with E-state index >= 15 is 0 Å². The van der Waals surface area contributed by atoms with Gasteiger partial charge in [-0.1, -0.05) is 47.5 Å². The Morgan fingerprint density at radius 2 is 1.83 bits per heavy atom. The molecule has 182 valence electrons. The highest BCUT2D eigenvalue weighted by Gasteiger charge is 2.29. The SMILES string of the molecule is Nn1c(-c2nccn3c(C4CCC(C(=O)O)CC4)ncc23)cc2cccc(-c3ccc(Cl)cc3Cl)c21. The molecule has 1 aliphatic carbocycles. The predicted octanol–water partition coefficient (Wildman–Crippen LogP) is 6.40. The van der Waals surface area contributed by atoms with Crippen molar-refractivity contribution in [1.29, 1.82) is 0 Å². The molecule has 3 aromatic heterocycles. The van der Waals surface area contributed by atoms with Crippen LogP contribution in [0.25, 0.3) is 38.9 Å². The molecule has 0 bridgehead atoms. The van der Waals surface area contributed by atoms with E-state index in [1.54, 1.807) is 16.9 Å². The summed E-state index contributed by atoms with van der Waals surface area (Å²) >= 11 is 12.6. The fourth-order valence-corrected chi connectivity index (χ4v) is 5.95. The third-order valence-corrected chi connectivity index (χ3v) is 7.80. The largest absolute Gasteiger partial charge is 0.481 e. The summed E-state index contributed by atoms with van der Waals surface area (Å²) in [7, 11) is 0. The zero-order chi connectivity index (χ0) is 25.0. The van der Waals surface area contributed by atoms with Crippen LogP contribution in [0.15, 0.2) is 61.1 Å². The van der Waals surface area contributed by atoms with Crippen molar-refractivity contribution in [1.82, 2.24) is 19.0 Å². The van der Waals surface area contributed by atoms with Crippen molar-refractivity contribution in [2.24, 2.45) is 5.92 Å². The smallest absolute Gasteiger partial charge is 0.306 e. The average molecular weight is 520 g/mol. The minimum absolute atomic E-state index is 0.209. The number of nitrogen functional groups attached to an aromatic ring is 1. The first kappa shape index (κ1) is 22.9. The number of fused-ring (bicyclic) bond motifs is 2. The lowest BCUT2D eigenvalue weighted by Crippen LogP contribution is -2.21. The monoisotopic (exact) mass is 519 g/mol. The molecular formula is C27H23Cl2N5O2. The zero-order valence-corrected chi connectivity index (χ0v) is 20.7. The Morgan fingerprint density at radius 1 is 1.03 bits per heavy atom. The number of hydrogen-bond acceptors (Lipinski definition) is 4. The molecule has 0 saturated heterocycles.